The first kappa shape index (κ1) is 19.9. The first-order valence-electron chi connectivity index (χ1n) is 10.1. The van der Waals surface area contributed by atoms with Gasteiger partial charge in [-0.05, 0) is 36.8 Å². The summed E-state index contributed by atoms with van der Waals surface area (Å²) in [5.74, 6) is 1.58. The van der Waals surface area contributed by atoms with Gasteiger partial charge in [0, 0.05) is 12.1 Å². The molecule has 2 aromatic rings. The first-order chi connectivity index (χ1) is 14.2. The highest BCUT2D eigenvalue weighted by Gasteiger charge is 2.31. The van der Waals surface area contributed by atoms with E-state index in [-0.39, 0.29) is 12.8 Å². The Bertz CT molecular complexity index is 827. The van der Waals surface area contributed by atoms with Gasteiger partial charge < -0.3 is 29.7 Å². The second kappa shape index (κ2) is 9.43. The lowest BCUT2D eigenvalue weighted by Gasteiger charge is -2.35. The summed E-state index contributed by atoms with van der Waals surface area (Å²) in [6, 6.07) is 17.1. The minimum atomic E-state index is 0.183. The fourth-order valence-electron chi connectivity index (χ4n) is 4.06. The van der Waals surface area contributed by atoms with Gasteiger partial charge in [0.2, 0.25) is 6.79 Å². The smallest absolute Gasteiger partial charge is 0.231 e. The second-order valence-corrected chi connectivity index (χ2v) is 7.87. The molecule has 2 aromatic carbocycles. The molecule has 0 aromatic heterocycles. The van der Waals surface area contributed by atoms with Crippen molar-refractivity contribution in [1.82, 2.24) is 10.6 Å². The van der Waals surface area contributed by atoms with Gasteiger partial charge in [0.05, 0.1) is 19.3 Å². The van der Waals surface area contributed by atoms with Crippen molar-refractivity contribution >= 4 is 17.3 Å². The van der Waals surface area contributed by atoms with Crippen LogP contribution in [0.25, 0.3) is 0 Å². The molecule has 2 aliphatic rings. The van der Waals surface area contributed by atoms with Crippen LogP contribution in [0.5, 0.6) is 11.5 Å². The van der Waals surface area contributed by atoms with Crippen molar-refractivity contribution in [2.24, 2.45) is 0 Å². The van der Waals surface area contributed by atoms with Gasteiger partial charge in [-0.1, -0.05) is 36.4 Å². The molecule has 2 heterocycles. The zero-order valence-corrected chi connectivity index (χ0v) is 17.5. The SMILES string of the molecule is C[C@H](NC(=S)NCc1ccc2c(c1)OCO2)[C@H](c1ccccc1)[NH+]1CCOCC1. The van der Waals surface area contributed by atoms with Gasteiger partial charge in [0.1, 0.15) is 19.1 Å². The molecule has 29 heavy (non-hydrogen) atoms. The topological polar surface area (TPSA) is 56.2 Å². The summed E-state index contributed by atoms with van der Waals surface area (Å²) in [4.78, 5) is 1.53. The number of hydrogen-bond donors (Lipinski definition) is 3. The fourth-order valence-corrected chi connectivity index (χ4v) is 4.32. The van der Waals surface area contributed by atoms with E-state index in [0.717, 1.165) is 43.4 Å². The van der Waals surface area contributed by atoms with E-state index in [9.17, 15) is 0 Å². The second-order valence-electron chi connectivity index (χ2n) is 7.46. The van der Waals surface area contributed by atoms with E-state index in [4.69, 9.17) is 26.4 Å². The highest BCUT2D eigenvalue weighted by atomic mass is 32.1. The Labute approximate surface area is 177 Å². The van der Waals surface area contributed by atoms with Crippen LogP contribution >= 0.6 is 12.2 Å². The lowest BCUT2D eigenvalue weighted by molar-refractivity contribution is -0.940. The Morgan fingerprint density at radius 3 is 2.62 bits per heavy atom. The van der Waals surface area contributed by atoms with Crippen molar-refractivity contribution in [2.75, 3.05) is 33.1 Å². The largest absolute Gasteiger partial charge is 0.454 e. The van der Waals surface area contributed by atoms with Gasteiger partial charge in [-0.15, -0.1) is 0 Å². The maximum absolute atomic E-state index is 5.59. The Balaban J connectivity index is 1.37. The highest BCUT2D eigenvalue weighted by molar-refractivity contribution is 7.80. The molecular weight excluding hydrogens is 386 g/mol. The number of benzene rings is 2. The first-order valence-corrected chi connectivity index (χ1v) is 10.5. The van der Waals surface area contributed by atoms with Crippen LogP contribution in [0, 0.1) is 0 Å². The monoisotopic (exact) mass is 414 g/mol. The molecule has 0 amide bonds. The molecule has 0 unspecified atom stereocenters. The van der Waals surface area contributed by atoms with E-state index in [1.165, 1.54) is 10.5 Å². The van der Waals surface area contributed by atoms with Gasteiger partial charge in [0.15, 0.2) is 16.6 Å². The number of rotatable bonds is 6. The van der Waals surface area contributed by atoms with Crippen LogP contribution in [0.3, 0.4) is 0 Å². The van der Waals surface area contributed by atoms with Crippen molar-refractivity contribution in [1.29, 1.82) is 0 Å². The van der Waals surface area contributed by atoms with Crippen LogP contribution in [-0.4, -0.2) is 44.3 Å². The third-order valence-corrected chi connectivity index (χ3v) is 5.74. The normalized spacial score (nSPS) is 18.1. The number of fused-ring (bicyclic) bond motifs is 1. The van der Waals surface area contributed by atoms with Gasteiger partial charge >= 0.3 is 0 Å². The zero-order valence-electron chi connectivity index (χ0n) is 16.6. The molecule has 1 fully saturated rings. The number of morpholine rings is 1. The maximum Gasteiger partial charge on any atom is 0.231 e. The molecule has 4 rings (SSSR count). The van der Waals surface area contributed by atoms with Crippen LogP contribution < -0.4 is 25.0 Å². The van der Waals surface area contributed by atoms with Crippen LogP contribution in [0.1, 0.15) is 24.1 Å². The third-order valence-electron chi connectivity index (χ3n) is 5.48. The average Bonchev–Trinajstić information content (AvgIpc) is 3.22. The van der Waals surface area contributed by atoms with Gasteiger partial charge in [0.25, 0.3) is 0 Å². The summed E-state index contributed by atoms with van der Waals surface area (Å²) in [7, 11) is 0. The molecule has 7 heteroatoms. The van der Waals surface area contributed by atoms with Gasteiger partial charge in [-0.3, -0.25) is 0 Å². The molecular formula is C22H28N3O3S+. The lowest BCUT2D eigenvalue weighted by Crippen LogP contribution is -3.15. The quantitative estimate of drug-likeness (QED) is 0.622. The van der Waals surface area contributed by atoms with E-state index in [0.29, 0.717) is 17.7 Å². The van der Waals surface area contributed by atoms with Crippen molar-refractivity contribution in [3.63, 3.8) is 0 Å². The summed E-state index contributed by atoms with van der Waals surface area (Å²) < 4.78 is 16.4. The van der Waals surface area contributed by atoms with Gasteiger partial charge in [-0.25, -0.2) is 0 Å². The Morgan fingerprint density at radius 1 is 1.07 bits per heavy atom. The minimum absolute atomic E-state index is 0.183. The Hall–Kier alpha value is -2.35. The van der Waals surface area contributed by atoms with E-state index in [2.05, 4.69) is 47.9 Å². The number of thiocarbonyl (C=S) groups is 1. The molecule has 1 saturated heterocycles. The lowest BCUT2D eigenvalue weighted by atomic mass is 9.98. The van der Waals surface area contributed by atoms with E-state index in [1.807, 2.05) is 18.2 Å². The molecule has 0 aliphatic carbocycles. The summed E-state index contributed by atoms with van der Waals surface area (Å²) >= 11 is 5.59. The number of ether oxygens (including phenoxy) is 3. The van der Waals surface area contributed by atoms with E-state index >= 15 is 0 Å². The molecule has 0 bridgehead atoms. The number of hydrogen-bond acceptors (Lipinski definition) is 4. The molecule has 0 saturated carbocycles. The summed E-state index contributed by atoms with van der Waals surface area (Å²) in [5.41, 5.74) is 2.42. The van der Waals surface area contributed by atoms with Gasteiger partial charge in [-0.2, -0.15) is 0 Å². The summed E-state index contributed by atoms with van der Waals surface area (Å²) in [6.07, 6.45) is 0. The van der Waals surface area contributed by atoms with Crippen molar-refractivity contribution in [3.8, 4) is 11.5 Å². The molecule has 154 valence electrons. The van der Waals surface area contributed by atoms with Crippen LogP contribution in [0.2, 0.25) is 0 Å². The summed E-state index contributed by atoms with van der Waals surface area (Å²) in [6.45, 7) is 6.74. The number of nitrogens with one attached hydrogen (secondary N) is 3. The molecule has 2 atom stereocenters. The van der Waals surface area contributed by atoms with E-state index < -0.39 is 0 Å². The van der Waals surface area contributed by atoms with E-state index in [1.54, 1.807) is 0 Å². The number of quaternary nitrogens is 1. The van der Waals surface area contributed by atoms with Crippen LogP contribution in [0.4, 0.5) is 0 Å². The molecule has 3 N–H and O–H groups in total. The summed E-state index contributed by atoms with van der Waals surface area (Å²) in [5, 5.41) is 7.48. The third kappa shape index (κ3) is 4.98. The van der Waals surface area contributed by atoms with Crippen molar-refractivity contribution < 1.29 is 19.1 Å². The standard InChI is InChI=1S/C22H27N3O3S/c1-16(21(18-5-3-2-4-6-18)25-9-11-26-12-10-25)24-22(29)23-14-17-7-8-19-20(13-17)28-15-27-19/h2-8,13,16,21H,9-12,14-15H2,1H3,(H2,23,24,29)/p+1/t16-,21+/m0/s1. The van der Waals surface area contributed by atoms with Crippen LogP contribution in [-0.2, 0) is 11.3 Å². The Morgan fingerprint density at radius 2 is 1.83 bits per heavy atom. The molecule has 0 radical (unpaired) electrons. The fraction of sp³-hybridized carbons (Fsp3) is 0.409. The predicted octanol–water partition coefficient (Wildman–Crippen LogP) is 1.42. The molecule has 0 spiro atoms. The molecule has 6 nitrogen and oxygen atoms in total. The minimum Gasteiger partial charge on any atom is -0.454 e. The Kier molecular flexibility index (Phi) is 6.49. The van der Waals surface area contributed by atoms with Crippen LogP contribution in [0.15, 0.2) is 48.5 Å². The van der Waals surface area contributed by atoms with Crippen molar-refractivity contribution in [2.45, 2.75) is 25.6 Å². The maximum atomic E-state index is 5.59. The average molecular weight is 415 g/mol. The van der Waals surface area contributed by atoms with Crippen molar-refractivity contribution in [3.05, 3.63) is 59.7 Å². The highest BCUT2D eigenvalue weighted by Crippen LogP contribution is 2.32. The molecule has 2 aliphatic heterocycles. The predicted molar refractivity (Wildman–Crippen MR) is 115 cm³/mol. The zero-order chi connectivity index (χ0) is 20.1.